The molecule has 2 heterocycles. The lowest BCUT2D eigenvalue weighted by Gasteiger charge is -2.08. The van der Waals surface area contributed by atoms with Crippen LogP contribution in [-0.2, 0) is 0 Å². The van der Waals surface area contributed by atoms with Gasteiger partial charge in [-0.2, -0.15) is 0 Å². The molecule has 0 aliphatic rings. The van der Waals surface area contributed by atoms with Crippen LogP contribution in [0.15, 0.2) is 46.9 Å². The summed E-state index contributed by atoms with van der Waals surface area (Å²) in [5.41, 5.74) is 0. The summed E-state index contributed by atoms with van der Waals surface area (Å²) in [5, 5.41) is 24.2. The maximum Gasteiger partial charge on any atom is 0.433 e. The molecule has 0 aliphatic carbocycles. The van der Waals surface area contributed by atoms with Gasteiger partial charge in [0.2, 0.25) is 0 Å². The van der Waals surface area contributed by atoms with Gasteiger partial charge in [-0.05, 0) is 23.6 Å². The van der Waals surface area contributed by atoms with Crippen LogP contribution in [0.25, 0.3) is 10.1 Å². The molecule has 1 unspecified atom stereocenters. The van der Waals surface area contributed by atoms with Gasteiger partial charge in [0, 0.05) is 16.1 Å². The van der Waals surface area contributed by atoms with Crippen molar-refractivity contribution in [2.24, 2.45) is 0 Å². The van der Waals surface area contributed by atoms with Gasteiger partial charge in [0.15, 0.2) is 5.76 Å². The van der Waals surface area contributed by atoms with Crippen molar-refractivity contribution in [2.75, 3.05) is 6.54 Å². The summed E-state index contributed by atoms with van der Waals surface area (Å²) < 4.78 is 5.85. The molecule has 1 aromatic carbocycles. The lowest BCUT2D eigenvalue weighted by Crippen LogP contribution is -2.27. The van der Waals surface area contributed by atoms with Crippen LogP contribution >= 0.6 is 11.3 Å². The lowest BCUT2D eigenvalue weighted by atomic mass is 10.2. The lowest BCUT2D eigenvalue weighted by molar-refractivity contribution is -0.402. The number of carbonyl (C=O) groups excluding carboxylic acids is 1. The Morgan fingerprint density at radius 3 is 2.83 bits per heavy atom. The summed E-state index contributed by atoms with van der Waals surface area (Å²) in [7, 11) is 0. The normalized spacial score (nSPS) is 12.2. The molecule has 23 heavy (non-hydrogen) atoms. The fraction of sp³-hybridized carbons (Fsp3) is 0.133. The quantitative estimate of drug-likeness (QED) is 0.552. The van der Waals surface area contributed by atoms with Gasteiger partial charge in [-0.15, -0.1) is 11.3 Å². The number of aliphatic hydroxyl groups is 1. The number of fused-ring (bicyclic) bond motifs is 1. The molecule has 0 bridgehead atoms. The standard InChI is InChI=1S/C15H12N2O5S/c18-10(13-7-9-3-1-2-4-12(9)23-13)8-16-15(19)11-5-6-14(22-11)17(20)21/h1-7,10,18H,8H2,(H,16,19). The Balaban J connectivity index is 1.64. The molecule has 7 nitrogen and oxygen atoms in total. The highest BCUT2D eigenvalue weighted by Crippen LogP contribution is 2.29. The zero-order valence-electron chi connectivity index (χ0n) is 11.8. The highest BCUT2D eigenvalue weighted by Gasteiger charge is 2.19. The van der Waals surface area contributed by atoms with Crippen molar-refractivity contribution in [3.63, 3.8) is 0 Å². The minimum absolute atomic E-state index is 0.0137. The minimum atomic E-state index is -0.860. The van der Waals surface area contributed by atoms with Crippen LogP contribution < -0.4 is 5.32 Å². The monoisotopic (exact) mass is 332 g/mol. The number of furan rings is 1. The van der Waals surface area contributed by atoms with Gasteiger partial charge in [0.25, 0.3) is 5.91 Å². The number of hydrogen-bond acceptors (Lipinski definition) is 6. The van der Waals surface area contributed by atoms with E-state index in [1.807, 2.05) is 30.3 Å². The van der Waals surface area contributed by atoms with E-state index in [0.717, 1.165) is 21.0 Å². The Bertz CT molecular complexity index is 837. The van der Waals surface area contributed by atoms with E-state index in [1.54, 1.807) is 0 Å². The third-order valence-corrected chi connectivity index (χ3v) is 4.44. The van der Waals surface area contributed by atoms with E-state index in [9.17, 15) is 20.0 Å². The van der Waals surface area contributed by atoms with Gasteiger partial charge < -0.3 is 14.8 Å². The molecule has 8 heteroatoms. The van der Waals surface area contributed by atoms with Crippen molar-refractivity contribution in [1.29, 1.82) is 0 Å². The molecule has 0 saturated carbocycles. The number of nitro groups is 1. The van der Waals surface area contributed by atoms with Crippen molar-refractivity contribution in [3.05, 3.63) is 63.2 Å². The molecular formula is C15H12N2O5S. The number of nitrogens with zero attached hydrogens (tertiary/aromatic N) is 1. The second-order valence-corrected chi connectivity index (χ2v) is 5.92. The molecule has 0 radical (unpaired) electrons. The average Bonchev–Trinajstić information content (AvgIpc) is 3.18. The van der Waals surface area contributed by atoms with E-state index in [1.165, 1.54) is 17.4 Å². The fourth-order valence-corrected chi connectivity index (χ4v) is 3.14. The third-order valence-electron chi connectivity index (χ3n) is 3.22. The van der Waals surface area contributed by atoms with E-state index >= 15 is 0 Å². The van der Waals surface area contributed by atoms with Crippen molar-refractivity contribution in [2.45, 2.75) is 6.10 Å². The van der Waals surface area contributed by atoms with E-state index < -0.39 is 22.8 Å². The molecule has 1 atom stereocenters. The Labute approximate surface area is 134 Å². The molecule has 3 aromatic rings. The zero-order valence-corrected chi connectivity index (χ0v) is 12.6. The Morgan fingerprint density at radius 1 is 1.35 bits per heavy atom. The summed E-state index contributed by atoms with van der Waals surface area (Å²) >= 11 is 1.45. The van der Waals surface area contributed by atoms with Crippen molar-refractivity contribution in [1.82, 2.24) is 5.32 Å². The number of benzene rings is 1. The fourth-order valence-electron chi connectivity index (χ4n) is 2.09. The number of hydrogen-bond donors (Lipinski definition) is 2. The largest absolute Gasteiger partial charge is 0.433 e. The summed E-state index contributed by atoms with van der Waals surface area (Å²) in [4.78, 5) is 22.4. The van der Waals surface area contributed by atoms with Crippen LogP contribution in [0.3, 0.4) is 0 Å². The van der Waals surface area contributed by atoms with E-state index in [2.05, 4.69) is 5.32 Å². The first-order valence-electron chi connectivity index (χ1n) is 6.73. The number of carbonyl (C=O) groups is 1. The second kappa shape index (κ2) is 6.19. The maximum atomic E-state index is 11.9. The van der Waals surface area contributed by atoms with Crippen LogP contribution in [0.2, 0.25) is 0 Å². The first-order chi connectivity index (χ1) is 11.0. The first kappa shape index (κ1) is 15.2. The van der Waals surface area contributed by atoms with Crippen molar-refractivity contribution in [3.8, 4) is 0 Å². The van der Waals surface area contributed by atoms with E-state index in [4.69, 9.17) is 4.42 Å². The van der Waals surface area contributed by atoms with Crippen molar-refractivity contribution < 1.29 is 19.2 Å². The van der Waals surface area contributed by atoms with E-state index in [0.29, 0.717) is 0 Å². The molecule has 0 spiro atoms. The molecule has 1 amide bonds. The molecule has 2 aromatic heterocycles. The molecule has 2 N–H and O–H groups in total. The number of aliphatic hydroxyl groups excluding tert-OH is 1. The summed E-state index contributed by atoms with van der Waals surface area (Å²) in [6.07, 6.45) is -0.860. The van der Waals surface area contributed by atoms with Gasteiger partial charge in [-0.3, -0.25) is 14.9 Å². The highest BCUT2D eigenvalue weighted by molar-refractivity contribution is 7.19. The maximum absolute atomic E-state index is 11.9. The minimum Gasteiger partial charge on any atom is -0.395 e. The Hall–Kier alpha value is -2.71. The zero-order chi connectivity index (χ0) is 16.4. The predicted octanol–water partition coefficient (Wildman–Crippen LogP) is 2.87. The summed E-state index contributed by atoms with van der Waals surface area (Å²) in [5.74, 6) is -1.28. The average molecular weight is 332 g/mol. The molecule has 0 aliphatic heterocycles. The number of thiophene rings is 1. The summed E-state index contributed by atoms with van der Waals surface area (Å²) in [6.45, 7) is -0.0137. The smallest absolute Gasteiger partial charge is 0.395 e. The highest BCUT2D eigenvalue weighted by atomic mass is 32.1. The van der Waals surface area contributed by atoms with Gasteiger partial charge in [0.1, 0.15) is 11.0 Å². The molecule has 3 rings (SSSR count). The molecule has 118 valence electrons. The van der Waals surface area contributed by atoms with Crippen molar-refractivity contribution >= 4 is 33.2 Å². The molecule has 0 saturated heterocycles. The number of rotatable bonds is 5. The van der Waals surface area contributed by atoms with Crippen LogP contribution in [0.5, 0.6) is 0 Å². The second-order valence-electron chi connectivity index (χ2n) is 4.81. The third kappa shape index (κ3) is 3.22. The molecule has 0 fully saturated rings. The van der Waals surface area contributed by atoms with Gasteiger partial charge in [-0.1, -0.05) is 18.2 Å². The molecular weight excluding hydrogens is 320 g/mol. The van der Waals surface area contributed by atoms with Gasteiger partial charge >= 0.3 is 5.88 Å². The number of amides is 1. The number of nitrogens with one attached hydrogen (secondary N) is 1. The predicted molar refractivity (Wildman–Crippen MR) is 84.5 cm³/mol. The van der Waals surface area contributed by atoms with Gasteiger partial charge in [-0.25, -0.2) is 0 Å². The Morgan fingerprint density at radius 2 is 2.13 bits per heavy atom. The van der Waals surface area contributed by atoms with E-state index in [-0.39, 0.29) is 12.3 Å². The SMILES string of the molecule is O=C(NCC(O)c1cc2ccccc2s1)c1ccc([N+](=O)[O-])o1. The van der Waals surface area contributed by atoms with Crippen LogP contribution in [0.4, 0.5) is 5.88 Å². The Kier molecular flexibility index (Phi) is 4.09. The van der Waals surface area contributed by atoms with Crippen LogP contribution in [0.1, 0.15) is 21.5 Å². The summed E-state index contributed by atoms with van der Waals surface area (Å²) in [6, 6.07) is 11.9. The van der Waals surface area contributed by atoms with Crippen LogP contribution in [0, 0.1) is 10.1 Å². The van der Waals surface area contributed by atoms with Crippen LogP contribution in [-0.4, -0.2) is 22.5 Å². The first-order valence-corrected chi connectivity index (χ1v) is 7.55. The topological polar surface area (TPSA) is 106 Å². The van der Waals surface area contributed by atoms with Gasteiger partial charge in [0.05, 0.1) is 6.07 Å².